The molecular formula is C14H22FNO2. The molecule has 0 aliphatic rings. The lowest BCUT2D eigenvalue weighted by Gasteiger charge is -2.24. The van der Waals surface area contributed by atoms with Crippen molar-refractivity contribution in [1.29, 1.82) is 0 Å². The number of halogens is 1. The normalized spacial score (nSPS) is 12.5. The van der Waals surface area contributed by atoms with Crippen LogP contribution >= 0.6 is 0 Å². The number of nitrogens with zero attached hydrogens (tertiary/aromatic N) is 1. The van der Waals surface area contributed by atoms with Gasteiger partial charge in [-0.2, -0.15) is 0 Å². The molecule has 4 heteroatoms. The minimum atomic E-state index is -0.685. The number of aliphatic hydroxyl groups excluding tert-OH is 2. The van der Waals surface area contributed by atoms with E-state index in [0.29, 0.717) is 17.8 Å². The van der Waals surface area contributed by atoms with E-state index in [2.05, 4.69) is 0 Å². The number of hydrogen-bond donors (Lipinski definition) is 2. The quantitative estimate of drug-likeness (QED) is 0.736. The van der Waals surface area contributed by atoms with Gasteiger partial charge in [0.05, 0.1) is 11.8 Å². The van der Waals surface area contributed by atoms with E-state index >= 15 is 0 Å². The van der Waals surface area contributed by atoms with Gasteiger partial charge in [0.2, 0.25) is 0 Å². The van der Waals surface area contributed by atoms with Gasteiger partial charge in [0.25, 0.3) is 0 Å². The number of rotatable bonds is 7. The third-order valence-electron chi connectivity index (χ3n) is 3.00. The van der Waals surface area contributed by atoms with E-state index in [1.54, 1.807) is 19.1 Å². The Morgan fingerprint density at radius 2 is 2.00 bits per heavy atom. The second-order valence-electron chi connectivity index (χ2n) is 4.56. The van der Waals surface area contributed by atoms with Gasteiger partial charge in [0.15, 0.2) is 0 Å². The average Bonchev–Trinajstić information content (AvgIpc) is 2.34. The Kier molecular flexibility index (Phi) is 6.09. The van der Waals surface area contributed by atoms with Gasteiger partial charge in [-0.1, -0.05) is 12.1 Å². The molecule has 1 aromatic rings. The molecule has 0 saturated carbocycles. The van der Waals surface area contributed by atoms with E-state index in [4.69, 9.17) is 5.11 Å². The fourth-order valence-corrected chi connectivity index (χ4v) is 2.02. The smallest absolute Gasteiger partial charge is 0.146 e. The van der Waals surface area contributed by atoms with Crippen LogP contribution in [0.5, 0.6) is 0 Å². The lowest BCUT2D eigenvalue weighted by molar-refractivity contribution is 0.199. The average molecular weight is 255 g/mol. The predicted molar refractivity (Wildman–Crippen MR) is 71.2 cm³/mol. The summed E-state index contributed by atoms with van der Waals surface area (Å²) in [6.07, 6.45) is 1.90. The highest BCUT2D eigenvalue weighted by molar-refractivity contribution is 5.55. The molecule has 0 radical (unpaired) electrons. The van der Waals surface area contributed by atoms with E-state index in [1.165, 1.54) is 6.07 Å². The van der Waals surface area contributed by atoms with E-state index in [1.807, 2.05) is 11.9 Å². The fourth-order valence-electron chi connectivity index (χ4n) is 2.02. The van der Waals surface area contributed by atoms with Crippen LogP contribution in [0, 0.1) is 5.82 Å². The maximum Gasteiger partial charge on any atom is 0.146 e. The van der Waals surface area contributed by atoms with Crippen molar-refractivity contribution >= 4 is 5.69 Å². The van der Waals surface area contributed by atoms with E-state index in [0.717, 1.165) is 19.3 Å². The molecule has 0 fully saturated rings. The molecule has 0 unspecified atom stereocenters. The van der Waals surface area contributed by atoms with E-state index < -0.39 is 6.10 Å². The van der Waals surface area contributed by atoms with Crippen molar-refractivity contribution in [3.05, 3.63) is 29.6 Å². The summed E-state index contributed by atoms with van der Waals surface area (Å²) in [6.45, 7) is 2.54. The molecular weight excluding hydrogens is 233 g/mol. The number of hydrogen-bond acceptors (Lipinski definition) is 3. The fraction of sp³-hybridized carbons (Fsp3) is 0.571. The Bertz CT molecular complexity index is 369. The highest BCUT2D eigenvalue weighted by Crippen LogP contribution is 2.28. The van der Waals surface area contributed by atoms with Gasteiger partial charge in [-0.25, -0.2) is 4.39 Å². The molecule has 3 nitrogen and oxygen atoms in total. The third kappa shape index (κ3) is 3.96. The highest BCUT2D eigenvalue weighted by atomic mass is 19.1. The van der Waals surface area contributed by atoms with Gasteiger partial charge >= 0.3 is 0 Å². The predicted octanol–water partition coefficient (Wildman–Crippen LogP) is 2.48. The Hall–Kier alpha value is -1.13. The molecule has 1 aromatic carbocycles. The van der Waals surface area contributed by atoms with E-state index in [9.17, 15) is 9.50 Å². The molecule has 0 bridgehead atoms. The van der Waals surface area contributed by atoms with Gasteiger partial charge in [-0.05, 0) is 32.3 Å². The van der Waals surface area contributed by atoms with Crippen LogP contribution in [-0.2, 0) is 0 Å². The molecule has 0 aromatic heterocycles. The molecule has 0 aliphatic carbocycles. The number of para-hydroxylation sites is 1. The Labute approximate surface area is 108 Å². The zero-order valence-electron chi connectivity index (χ0n) is 11.1. The summed E-state index contributed by atoms with van der Waals surface area (Å²) in [5.41, 5.74) is 1.08. The number of benzene rings is 1. The standard InChI is InChI=1S/C14H22FNO2/c1-11(18)12-7-6-8-13(15)14(12)16(2)9-4-3-5-10-17/h6-8,11,17-18H,3-5,9-10H2,1-2H3/t11-/m0/s1. The van der Waals surface area contributed by atoms with Crippen molar-refractivity contribution < 1.29 is 14.6 Å². The van der Waals surface area contributed by atoms with Crippen LogP contribution in [0.25, 0.3) is 0 Å². The Morgan fingerprint density at radius 3 is 2.61 bits per heavy atom. The van der Waals surface area contributed by atoms with Crippen LogP contribution in [-0.4, -0.2) is 30.4 Å². The third-order valence-corrected chi connectivity index (χ3v) is 3.00. The van der Waals surface area contributed by atoms with Crippen LogP contribution in [0.2, 0.25) is 0 Å². The summed E-state index contributed by atoms with van der Waals surface area (Å²) >= 11 is 0. The van der Waals surface area contributed by atoms with Crippen LogP contribution in [0.15, 0.2) is 18.2 Å². The number of unbranched alkanes of at least 4 members (excludes halogenated alkanes) is 2. The molecule has 1 atom stereocenters. The Morgan fingerprint density at radius 1 is 1.28 bits per heavy atom. The molecule has 0 spiro atoms. The molecule has 0 aliphatic heterocycles. The van der Waals surface area contributed by atoms with Crippen molar-refractivity contribution in [2.24, 2.45) is 0 Å². The van der Waals surface area contributed by atoms with Crippen LogP contribution in [0.3, 0.4) is 0 Å². The van der Waals surface area contributed by atoms with Crippen molar-refractivity contribution in [2.45, 2.75) is 32.3 Å². The summed E-state index contributed by atoms with van der Waals surface area (Å²) in [6, 6.07) is 4.76. The van der Waals surface area contributed by atoms with Crippen LogP contribution in [0.1, 0.15) is 37.9 Å². The molecule has 2 N–H and O–H groups in total. The first-order valence-corrected chi connectivity index (χ1v) is 6.36. The minimum Gasteiger partial charge on any atom is -0.396 e. The summed E-state index contributed by atoms with van der Waals surface area (Å²) in [5.74, 6) is -0.307. The van der Waals surface area contributed by atoms with Gasteiger partial charge in [0.1, 0.15) is 5.82 Å². The first kappa shape index (κ1) is 14.9. The minimum absolute atomic E-state index is 0.197. The molecule has 0 amide bonds. The summed E-state index contributed by atoms with van der Waals surface area (Å²) in [5, 5.41) is 18.4. The van der Waals surface area contributed by atoms with Crippen LogP contribution < -0.4 is 4.90 Å². The van der Waals surface area contributed by atoms with Crippen LogP contribution in [0.4, 0.5) is 10.1 Å². The lowest BCUT2D eigenvalue weighted by atomic mass is 10.1. The summed E-state index contributed by atoms with van der Waals surface area (Å²) in [7, 11) is 1.82. The zero-order valence-corrected chi connectivity index (χ0v) is 11.1. The first-order valence-electron chi connectivity index (χ1n) is 6.36. The topological polar surface area (TPSA) is 43.7 Å². The van der Waals surface area contributed by atoms with Crippen molar-refractivity contribution in [1.82, 2.24) is 0 Å². The van der Waals surface area contributed by atoms with Gasteiger partial charge < -0.3 is 15.1 Å². The SMILES string of the molecule is C[C@H](O)c1cccc(F)c1N(C)CCCCCO. The maximum atomic E-state index is 13.8. The van der Waals surface area contributed by atoms with Gasteiger partial charge in [-0.3, -0.25) is 0 Å². The van der Waals surface area contributed by atoms with Crippen molar-refractivity contribution in [3.8, 4) is 0 Å². The summed E-state index contributed by atoms with van der Waals surface area (Å²) in [4.78, 5) is 1.83. The molecule has 0 saturated heterocycles. The molecule has 0 heterocycles. The second kappa shape index (κ2) is 7.34. The number of aliphatic hydroxyl groups is 2. The Balaban J connectivity index is 2.74. The summed E-state index contributed by atoms with van der Waals surface area (Å²) < 4.78 is 13.8. The van der Waals surface area contributed by atoms with E-state index in [-0.39, 0.29) is 12.4 Å². The van der Waals surface area contributed by atoms with Gasteiger partial charge in [0, 0.05) is 25.8 Å². The lowest BCUT2D eigenvalue weighted by Crippen LogP contribution is -2.22. The van der Waals surface area contributed by atoms with Crippen molar-refractivity contribution in [3.63, 3.8) is 0 Å². The maximum absolute atomic E-state index is 13.8. The molecule has 1 rings (SSSR count). The number of anilines is 1. The monoisotopic (exact) mass is 255 g/mol. The van der Waals surface area contributed by atoms with Crippen molar-refractivity contribution in [2.75, 3.05) is 25.1 Å². The first-order chi connectivity index (χ1) is 8.57. The molecule has 18 heavy (non-hydrogen) atoms. The highest BCUT2D eigenvalue weighted by Gasteiger charge is 2.15. The van der Waals surface area contributed by atoms with Gasteiger partial charge in [-0.15, -0.1) is 0 Å². The second-order valence-corrected chi connectivity index (χ2v) is 4.56. The largest absolute Gasteiger partial charge is 0.396 e. The molecule has 102 valence electrons. The zero-order chi connectivity index (χ0) is 13.5.